The van der Waals surface area contributed by atoms with Crippen molar-refractivity contribution in [3.8, 4) is 28.8 Å². The fraction of sp³-hybridized carbons (Fsp3) is 0.176. The number of imide groups is 1. The smallest absolute Gasteiger partial charge is 0.271 e. The second-order valence-electron chi connectivity index (χ2n) is 10.4. The molecule has 8 heteroatoms. The highest BCUT2D eigenvalue weighted by Gasteiger charge is 2.36. The summed E-state index contributed by atoms with van der Waals surface area (Å²) in [6.07, 6.45) is 3.52. The molecule has 3 aromatic carbocycles. The van der Waals surface area contributed by atoms with Crippen molar-refractivity contribution in [3.05, 3.63) is 119 Å². The molecular formula is C34H29FN4O3. The van der Waals surface area contributed by atoms with Gasteiger partial charge in [-0.2, -0.15) is 10.4 Å². The van der Waals surface area contributed by atoms with E-state index < -0.39 is 11.8 Å². The number of rotatable bonds is 8. The lowest BCUT2D eigenvalue weighted by atomic mass is 9.92. The Bertz CT molecular complexity index is 1750. The van der Waals surface area contributed by atoms with E-state index >= 15 is 0 Å². The largest absolute Gasteiger partial charge is 0.489 e. The second kappa shape index (κ2) is 12.1. The molecule has 0 spiro atoms. The number of benzene rings is 3. The fourth-order valence-corrected chi connectivity index (χ4v) is 4.73. The van der Waals surface area contributed by atoms with Crippen LogP contribution in [0.25, 0.3) is 23.0 Å². The number of carbonyl (C=O) groups excluding carboxylic acids is 2. The fourth-order valence-electron chi connectivity index (χ4n) is 4.73. The van der Waals surface area contributed by atoms with Crippen molar-refractivity contribution in [2.45, 2.75) is 27.4 Å². The van der Waals surface area contributed by atoms with Gasteiger partial charge in [0, 0.05) is 29.4 Å². The molecule has 1 aliphatic rings. The number of nitriles is 1. The summed E-state index contributed by atoms with van der Waals surface area (Å²) in [4.78, 5) is 27.7. The molecule has 0 aliphatic carbocycles. The minimum atomic E-state index is -0.572. The molecule has 2 heterocycles. The highest BCUT2D eigenvalue weighted by atomic mass is 19.1. The van der Waals surface area contributed by atoms with Crippen LogP contribution in [0.15, 0.2) is 102 Å². The zero-order valence-corrected chi connectivity index (χ0v) is 23.5. The second-order valence-corrected chi connectivity index (χ2v) is 10.4. The van der Waals surface area contributed by atoms with Crippen molar-refractivity contribution in [1.29, 1.82) is 5.26 Å². The molecule has 0 saturated carbocycles. The maximum absolute atomic E-state index is 13.6. The molecule has 2 amide bonds. The Balaban J connectivity index is 1.58. The molecule has 0 N–H and O–H groups in total. The van der Waals surface area contributed by atoms with Crippen LogP contribution in [0.2, 0.25) is 0 Å². The summed E-state index contributed by atoms with van der Waals surface area (Å²) in [6.45, 7) is 5.91. The molecule has 1 aliphatic heterocycles. The van der Waals surface area contributed by atoms with Crippen LogP contribution in [0.5, 0.6) is 5.75 Å². The SMILES string of the molecule is CC1=C(C#N)C(=O)N(CC(C)C)C(=O)/C1=C/c1cn(-c2ccccc2)nc1-c1cccc(OCc2ccc(F)cc2)c1. The summed E-state index contributed by atoms with van der Waals surface area (Å²) in [6, 6.07) is 25.1. The van der Waals surface area contributed by atoms with Crippen molar-refractivity contribution >= 4 is 17.9 Å². The molecule has 0 bridgehead atoms. The molecule has 0 fully saturated rings. The third kappa shape index (κ3) is 5.91. The minimum absolute atomic E-state index is 0.0338. The van der Waals surface area contributed by atoms with E-state index in [0.717, 1.165) is 21.7 Å². The summed E-state index contributed by atoms with van der Waals surface area (Å²) < 4.78 is 21.0. The normalized spacial score (nSPS) is 14.6. The average molecular weight is 561 g/mol. The first-order chi connectivity index (χ1) is 20.2. The number of hydrogen-bond acceptors (Lipinski definition) is 5. The van der Waals surface area contributed by atoms with Crippen molar-refractivity contribution < 1.29 is 18.7 Å². The van der Waals surface area contributed by atoms with Gasteiger partial charge >= 0.3 is 0 Å². The lowest BCUT2D eigenvalue weighted by molar-refractivity contribution is -0.141. The predicted octanol–water partition coefficient (Wildman–Crippen LogP) is 6.51. The Morgan fingerprint density at radius 3 is 2.43 bits per heavy atom. The number of halogens is 1. The predicted molar refractivity (Wildman–Crippen MR) is 158 cm³/mol. The van der Waals surface area contributed by atoms with Gasteiger partial charge in [0.15, 0.2) is 0 Å². The Hall–Kier alpha value is -5.29. The summed E-state index contributed by atoms with van der Waals surface area (Å²) >= 11 is 0. The Labute approximate surface area is 243 Å². The topological polar surface area (TPSA) is 88.2 Å². The summed E-state index contributed by atoms with van der Waals surface area (Å²) in [5, 5.41) is 14.6. The van der Waals surface area contributed by atoms with E-state index in [2.05, 4.69) is 0 Å². The van der Waals surface area contributed by atoms with Crippen LogP contribution >= 0.6 is 0 Å². The molecule has 4 aromatic rings. The van der Waals surface area contributed by atoms with Crippen LogP contribution in [0, 0.1) is 23.1 Å². The summed E-state index contributed by atoms with van der Waals surface area (Å²) in [7, 11) is 0. The van der Waals surface area contributed by atoms with E-state index in [0.29, 0.717) is 22.6 Å². The first-order valence-corrected chi connectivity index (χ1v) is 13.6. The van der Waals surface area contributed by atoms with E-state index in [1.807, 2.05) is 80.7 Å². The lowest BCUT2D eigenvalue weighted by Gasteiger charge is -2.28. The number of para-hydroxylation sites is 1. The molecule has 7 nitrogen and oxygen atoms in total. The maximum Gasteiger partial charge on any atom is 0.271 e. The van der Waals surface area contributed by atoms with Crippen molar-refractivity contribution in [3.63, 3.8) is 0 Å². The number of nitrogens with zero attached hydrogens (tertiary/aromatic N) is 4. The zero-order valence-electron chi connectivity index (χ0n) is 23.5. The maximum atomic E-state index is 13.6. The molecule has 1 aromatic heterocycles. The molecule has 0 unspecified atom stereocenters. The highest BCUT2D eigenvalue weighted by Crippen LogP contribution is 2.32. The van der Waals surface area contributed by atoms with Crippen molar-refractivity contribution in [2.24, 2.45) is 5.92 Å². The third-order valence-corrected chi connectivity index (χ3v) is 6.86. The van der Waals surface area contributed by atoms with Gasteiger partial charge in [0.2, 0.25) is 0 Å². The van der Waals surface area contributed by atoms with Crippen LogP contribution in [-0.2, 0) is 16.2 Å². The zero-order chi connectivity index (χ0) is 29.8. The van der Waals surface area contributed by atoms with E-state index in [-0.39, 0.29) is 36.0 Å². The van der Waals surface area contributed by atoms with E-state index in [1.54, 1.807) is 29.8 Å². The van der Waals surface area contributed by atoms with Crippen LogP contribution in [0.3, 0.4) is 0 Å². The minimum Gasteiger partial charge on any atom is -0.489 e. The molecule has 210 valence electrons. The van der Waals surface area contributed by atoms with Gasteiger partial charge in [0.05, 0.1) is 5.69 Å². The number of aromatic nitrogens is 2. The number of amides is 2. The quantitative estimate of drug-likeness (QED) is 0.181. The van der Waals surface area contributed by atoms with E-state index in [1.165, 1.54) is 12.1 Å². The van der Waals surface area contributed by atoms with Gasteiger partial charge in [-0.05, 0) is 66.5 Å². The molecule has 0 radical (unpaired) electrons. The van der Waals surface area contributed by atoms with Gasteiger partial charge < -0.3 is 4.74 Å². The van der Waals surface area contributed by atoms with Gasteiger partial charge in [-0.15, -0.1) is 0 Å². The lowest BCUT2D eigenvalue weighted by Crippen LogP contribution is -2.44. The first kappa shape index (κ1) is 28.2. The number of carbonyl (C=O) groups is 2. The summed E-state index contributed by atoms with van der Waals surface area (Å²) in [5.41, 5.74) is 4.17. The van der Waals surface area contributed by atoms with Gasteiger partial charge in [-0.25, -0.2) is 9.07 Å². The van der Waals surface area contributed by atoms with Crippen molar-refractivity contribution in [1.82, 2.24) is 14.7 Å². The van der Waals surface area contributed by atoms with Crippen LogP contribution < -0.4 is 4.74 Å². The standard InChI is InChI=1S/C34H29FN4O3/c1-22(2)19-38-33(40)30(23(3)31(18-36)34(38)41)17-26-20-39(28-9-5-4-6-10-28)37-32(26)25-8-7-11-29(16-25)42-21-24-12-14-27(35)15-13-24/h4-17,20,22H,19,21H2,1-3H3/b30-17+. The van der Waals surface area contributed by atoms with Crippen LogP contribution in [-0.4, -0.2) is 33.0 Å². The Morgan fingerprint density at radius 2 is 1.74 bits per heavy atom. The summed E-state index contributed by atoms with van der Waals surface area (Å²) in [5.74, 6) is -0.699. The third-order valence-electron chi connectivity index (χ3n) is 6.86. The van der Waals surface area contributed by atoms with Gasteiger partial charge in [0.25, 0.3) is 11.8 Å². The Kier molecular flexibility index (Phi) is 8.12. The van der Waals surface area contributed by atoms with Crippen molar-refractivity contribution in [2.75, 3.05) is 6.54 Å². The molecule has 0 saturated heterocycles. The number of ether oxygens (including phenoxy) is 1. The molecule has 5 rings (SSSR count). The van der Waals surface area contributed by atoms with E-state index in [9.17, 15) is 19.2 Å². The first-order valence-electron chi connectivity index (χ1n) is 13.6. The van der Waals surface area contributed by atoms with Gasteiger partial charge in [0.1, 0.15) is 35.5 Å². The monoisotopic (exact) mass is 560 g/mol. The number of hydrogen-bond donors (Lipinski definition) is 0. The average Bonchev–Trinajstić information content (AvgIpc) is 3.42. The van der Waals surface area contributed by atoms with Gasteiger partial charge in [-0.3, -0.25) is 14.5 Å². The Morgan fingerprint density at radius 1 is 1.00 bits per heavy atom. The highest BCUT2D eigenvalue weighted by molar-refractivity contribution is 6.19. The molecule has 0 atom stereocenters. The molecular weight excluding hydrogens is 531 g/mol. The molecule has 42 heavy (non-hydrogen) atoms. The van der Waals surface area contributed by atoms with E-state index in [4.69, 9.17) is 9.84 Å². The van der Waals surface area contributed by atoms with Crippen LogP contribution in [0.1, 0.15) is 31.9 Å². The van der Waals surface area contributed by atoms with Crippen LogP contribution in [0.4, 0.5) is 4.39 Å². The van der Waals surface area contributed by atoms with Gasteiger partial charge in [-0.1, -0.05) is 56.3 Å².